The smallest absolute Gasteiger partial charge is 0.136 e. The molecule has 0 aromatic rings. The van der Waals surface area contributed by atoms with Crippen molar-refractivity contribution in [2.75, 3.05) is 0 Å². The molecular formula is C63H104O. The van der Waals surface area contributed by atoms with E-state index in [9.17, 15) is 4.79 Å². The van der Waals surface area contributed by atoms with Crippen LogP contribution in [0.4, 0.5) is 0 Å². The van der Waals surface area contributed by atoms with E-state index >= 15 is 0 Å². The van der Waals surface area contributed by atoms with Crippen molar-refractivity contribution in [3.8, 4) is 0 Å². The number of rotatable bonds is 1. The second-order valence-corrected chi connectivity index (χ2v) is 31.3. The maximum Gasteiger partial charge on any atom is 0.136 e. The second-order valence-electron chi connectivity index (χ2n) is 31.3. The molecule has 1 nitrogen and oxygen atoms in total. The number of allylic oxidation sites excluding steroid dienone is 4. The van der Waals surface area contributed by atoms with Gasteiger partial charge in [0.25, 0.3) is 0 Å². The third-order valence-corrected chi connectivity index (χ3v) is 27.6. The number of hydrogen-bond donors (Lipinski definition) is 0. The van der Waals surface area contributed by atoms with Crippen LogP contribution in [-0.4, -0.2) is 5.78 Å². The van der Waals surface area contributed by atoms with Crippen LogP contribution in [0.15, 0.2) is 23.3 Å². The lowest BCUT2D eigenvalue weighted by Gasteiger charge is -2.73. The van der Waals surface area contributed by atoms with E-state index in [-0.39, 0.29) is 5.41 Å². The summed E-state index contributed by atoms with van der Waals surface area (Å²) in [5, 5.41) is 0. The monoisotopic (exact) mass is 877 g/mol. The summed E-state index contributed by atoms with van der Waals surface area (Å²) in [6, 6.07) is 0. The first kappa shape index (κ1) is 48.2. The highest BCUT2D eigenvalue weighted by Gasteiger charge is 2.71. The van der Waals surface area contributed by atoms with E-state index in [0.717, 1.165) is 54.3 Å². The highest BCUT2D eigenvalue weighted by atomic mass is 16.1. The fourth-order valence-electron chi connectivity index (χ4n) is 22.5. The molecule has 8 saturated carbocycles. The van der Waals surface area contributed by atoms with Crippen LogP contribution < -0.4 is 0 Å². The lowest BCUT2D eigenvalue weighted by Crippen LogP contribution is -2.66. The number of carbonyl (C=O) groups excluding carboxylic acids is 1. The minimum absolute atomic E-state index is 0.0172. The normalized spacial score (nSPS) is 53.8. The maximum atomic E-state index is 13.2. The quantitative estimate of drug-likeness (QED) is 0.240. The van der Waals surface area contributed by atoms with Gasteiger partial charge in [-0.2, -0.15) is 0 Å². The van der Waals surface area contributed by atoms with Crippen molar-refractivity contribution in [3.05, 3.63) is 23.3 Å². The van der Waals surface area contributed by atoms with Gasteiger partial charge in [-0.05, 0) is 256 Å². The lowest BCUT2D eigenvalue weighted by atomic mass is 9.31. The van der Waals surface area contributed by atoms with Gasteiger partial charge in [0.15, 0.2) is 0 Å². The van der Waals surface area contributed by atoms with Gasteiger partial charge in [0.05, 0.1) is 0 Å². The zero-order chi connectivity index (χ0) is 46.9. The van der Waals surface area contributed by atoms with Crippen LogP contribution in [0, 0.1) is 112 Å². The Morgan fingerprint density at radius 3 is 1.28 bits per heavy atom. The average molecular weight is 878 g/mol. The highest BCUT2D eigenvalue weighted by molar-refractivity contribution is 5.83. The summed E-state index contributed by atoms with van der Waals surface area (Å²) in [7, 11) is 0. The number of fused-ring (bicyclic) bond motifs is 14. The van der Waals surface area contributed by atoms with Gasteiger partial charge in [-0.25, -0.2) is 0 Å². The third kappa shape index (κ3) is 6.32. The Morgan fingerprint density at radius 1 is 0.422 bits per heavy atom. The summed E-state index contributed by atoms with van der Waals surface area (Å²) >= 11 is 0. The minimum atomic E-state index is -0.0172. The summed E-state index contributed by atoms with van der Waals surface area (Å²) in [4.78, 5) is 13.2. The van der Waals surface area contributed by atoms with Gasteiger partial charge >= 0.3 is 0 Å². The van der Waals surface area contributed by atoms with Crippen molar-refractivity contribution in [3.63, 3.8) is 0 Å². The average Bonchev–Trinajstić information content (AvgIpc) is 3.19. The summed E-state index contributed by atoms with van der Waals surface area (Å²) in [6.45, 7) is 46.1. The van der Waals surface area contributed by atoms with E-state index in [2.05, 4.69) is 130 Å². The topological polar surface area (TPSA) is 17.1 Å². The van der Waals surface area contributed by atoms with E-state index < -0.39 is 0 Å². The maximum absolute atomic E-state index is 13.2. The van der Waals surface area contributed by atoms with Crippen molar-refractivity contribution in [1.82, 2.24) is 0 Å². The van der Waals surface area contributed by atoms with Gasteiger partial charge in [0, 0.05) is 5.41 Å². The SMILES string of the molecule is CC(=O)[C@]12CCC(C)(C)C[C@@H]1[C@H]1CC[C@@H]3[C@@]4(C)CC=C(C)C(C)(C)C4CC[C@@]3(C)[C@]1(C)CC2.CC1=CC[C@@]2(C)C(CC[C@]3(C)[C@@H]2CC[C@@H]2[C@H]4CC(C)(C)CC[C@]4(C)CC[C@]23C)C1(C)C. The molecule has 10 aliphatic carbocycles. The molecule has 16 atom stereocenters. The first-order valence-electron chi connectivity index (χ1n) is 28.2. The van der Waals surface area contributed by atoms with Gasteiger partial charge in [0.2, 0.25) is 0 Å². The predicted octanol–water partition coefficient (Wildman–Crippen LogP) is 18.5. The first-order valence-corrected chi connectivity index (χ1v) is 28.2. The van der Waals surface area contributed by atoms with Crippen LogP contribution in [-0.2, 0) is 4.79 Å². The van der Waals surface area contributed by atoms with E-state index in [1.165, 1.54) is 116 Å². The zero-order valence-electron chi connectivity index (χ0n) is 45.8. The van der Waals surface area contributed by atoms with Crippen molar-refractivity contribution < 1.29 is 4.79 Å². The molecule has 0 aromatic heterocycles. The molecule has 0 saturated heterocycles. The number of hydrogen-bond acceptors (Lipinski definition) is 1. The molecule has 64 heavy (non-hydrogen) atoms. The molecule has 2 unspecified atom stereocenters. The Balaban J connectivity index is 0.000000162. The van der Waals surface area contributed by atoms with Crippen molar-refractivity contribution >= 4 is 5.78 Å². The fourth-order valence-corrected chi connectivity index (χ4v) is 22.5. The standard InChI is InChI=1S/C32H52O.C31H52/c1-21-12-14-29(7)25(28(21,5)6)13-15-31(9)26(29)11-10-23-24-20-27(3,4)16-18-32(24,22(2)33)19-17-30(23,31)8;1-21-12-14-29(7)24(27(21,4)5)13-15-31(9)25(29)11-10-22-23-20-26(2,3)16-17-28(23,6)18-19-30(22,31)8/h12,23-26H,10-11,13-20H2,1-9H3;12,22-25H,10-11,13-20H2,1-9H3/t23-,24-,25?,26-,29+,30-,31-,32-;22-,23-,24?,25-,28-,29+,30-,31-/m11/s1. The zero-order valence-corrected chi connectivity index (χ0v) is 45.8. The number of Topliss-reactive ketones (excluding diaryl/α,β-unsaturated/α-hetero) is 1. The highest BCUT2D eigenvalue weighted by Crippen LogP contribution is 2.79. The largest absolute Gasteiger partial charge is 0.299 e. The van der Waals surface area contributed by atoms with Crippen LogP contribution in [0.2, 0.25) is 0 Å². The van der Waals surface area contributed by atoms with Crippen molar-refractivity contribution in [2.24, 2.45) is 112 Å². The van der Waals surface area contributed by atoms with E-state index in [4.69, 9.17) is 0 Å². The summed E-state index contributed by atoms with van der Waals surface area (Å²) in [6.07, 6.45) is 32.8. The van der Waals surface area contributed by atoms with Crippen LogP contribution in [0.25, 0.3) is 0 Å². The van der Waals surface area contributed by atoms with E-state index in [0.29, 0.717) is 71.3 Å². The van der Waals surface area contributed by atoms with Crippen LogP contribution in [0.3, 0.4) is 0 Å². The molecule has 8 fully saturated rings. The lowest BCUT2D eigenvalue weighted by molar-refractivity contribution is -0.235. The molecule has 0 aromatic carbocycles. The number of carbonyl (C=O) groups is 1. The molecule has 0 radical (unpaired) electrons. The Kier molecular flexibility index (Phi) is 11.0. The van der Waals surface area contributed by atoms with E-state index in [1.54, 1.807) is 11.1 Å². The molecule has 10 aliphatic rings. The molecule has 0 amide bonds. The van der Waals surface area contributed by atoms with Crippen LogP contribution in [0.1, 0.15) is 253 Å². The molecule has 0 heterocycles. The van der Waals surface area contributed by atoms with Gasteiger partial charge < -0.3 is 0 Å². The second kappa shape index (κ2) is 14.6. The van der Waals surface area contributed by atoms with Gasteiger partial charge in [-0.3, -0.25) is 4.79 Å². The van der Waals surface area contributed by atoms with E-state index in [1.807, 2.05) is 6.92 Å². The molecule has 0 spiro atoms. The Labute approximate surface area is 397 Å². The van der Waals surface area contributed by atoms with Crippen LogP contribution in [0.5, 0.6) is 0 Å². The Hall–Kier alpha value is -0.850. The molecule has 0 bridgehead atoms. The van der Waals surface area contributed by atoms with Gasteiger partial charge in [-0.15, -0.1) is 0 Å². The third-order valence-electron chi connectivity index (χ3n) is 27.6. The molecule has 362 valence electrons. The molecular weight excluding hydrogens is 773 g/mol. The Bertz CT molecular complexity index is 1940. The summed E-state index contributed by atoms with van der Waals surface area (Å²) < 4.78 is 0. The predicted molar refractivity (Wildman–Crippen MR) is 273 cm³/mol. The molecule has 10 rings (SSSR count). The Morgan fingerprint density at radius 2 is 0.812 bits per heavy atom. The molecule has 0 N–H and O–H groups in total. The van der Waals surface area contributed by atoms with Crippen LogP contribution >= 0.6 is 0 Å². The van der Waals surface area contributed by atoms with Crippen molar-refractivity contribution in [1.29, 1.82) is 0 Å². The summed E-state index contributed by atoms with van der Waals surface area (Å²) in [5.41, 5.74) is 8.31. The minimum Gasteiger partial charge on any atom is -0.299 e. The first-order chi connectivity index (χ1) is 29.3. The summed E-state index contributed by atoms with van der Waals surface area (Å²) in [5.74, 6) is 7.16. The molecule has 0 aliphatic heterocycles. The number of ketones is 1. The van der Waals surface area contributed by atoms with Gasteiger partial charge in [-0.1, -0.05) is 127 Å². The van der Waals surface area contributed by atoms with Crippen molar-refractivity contribution in [2.45, 2.75) is 253 Å². The van der Waals surface area contributed by atoms with Gasteiger partial charge in [0.1, 0.15) is 5.78 Å². The molecule has 1 heteroatoms. The fraction of sp³-hybridized carbons (Fsp3) is 0.921.